The van der Waals surface area contributed by atoms with Gasteiger partial charge in [0.2, 0.25) is 0 Å². The lowest BCUT2D eigenvalue weighted by molar-refractivity contribution is 0.0589. The van der Waals surface area contributed by atoms with E-state index in [9.17, 15) is 9.90 Å². The fourth-order valence-corrected chi connectivity index (χ4v) is 1.56. The van der Waals surface area contributed by atoms with Gasteiger partial charge in [-0.05, 0) is 39.0 Å². The molecule has 0 fully saturated rings. The van der Waals surface area contributed by atoms with Crippen molar-refractivity contribution in [2.75, 3.05) is 30.4 Å². The van der Waals surface area contributed by atoms with E-state index < -0.39 is 17.8 Å². The molecular formula is C15H24N2O4. The topological polar surface area (TPSA) is 82.0 Å². The number of amides is 1. The first kappa shape index (κ1) is 17.3. The van der Waals surface area contributed by atoms with Crippen molar-refractivity contribution < 1.29 is 19.7 Å². The lowest BCUT2D eigenvalue weighted by atomic mass is 10.2. The largest absolute Gasteiger partial charge is 0.443 e. The van der Waals surface area contributed by atoms with Crippen molar-refractivity contribution in [3.8, 4) is 0 Å². The molecule has 6 heteroatoms. The van der Waals surface area contributed by atoms with Gasteiger partial charge in [0.1, 0.15) is 5.60 Å². The molecule has 0 aromatic heterocycles. The van der Waals surface area contributed by atoms with Crippen LogP contribution in [-0.2, 0) is 4.74 Å². The number of anilines is 2. The zero-order valence-corrected chi connectivity index (χ0v) is 13.0. The smallest absolute Gasteiger partial charge is 0.414 e. The molecule has 0 aliphatic heterocycles. The Morgan fingerprint density at radius 3 is 2.67 bits per heavy atom. The van der Waals surface area contributed by atoms with Gasteiger partial charge >= 0.3 is 6.09 Å². The molecule has 0 saturated heterocycles. The number of nitrogens with one attached hydrogen (secondary N) is 1. The van der Waals surface area contributed by atoms with Crippen LogP contribution in [0.5, 0.6) is 0 Å². The molecule has 0 spiro atoms. The highest BCUT2D eigenvalue weighted by Gasteiger charge is 2.20. The molecule has 0 saturated carbocycles. The van der Waals surface area contributed by atoms with Gasteiger partial charge in [-0.2, -0.15) is 0 Å². The third kappa shape index (κ3) is 6.01. The number of carbonyl (C=O) groups is 1. The molecule has 1 aromatic carbocycles. The Labute approximate surface area is 125 Å². The first-order chi connectivity index (χ1) is 9.73. The first-order valence-electron chi connectivity index (χ1n) is 6.82. The first-order valence-corrected chi connectivity index (χ1v) is 6.82. The number of rotatable bonds is 5. The lowest BCUT2D eigenvalue weighted by Crippen LogP contribution is -2.34. The summed E-state index contributed by atoms with van der Waals surface area (Å²) in [6, 6.07) is 7.17. The highest BCUT2D eigenvalue weighted by Crippen LogP contribution is 2.20. The maximum atomic E-state index is 12.0. The third-order valence-electron chi connectivity index (χ3n) is 2.65. The minimum atomic E-state index is -0.822. The maximum absolute atomic E-state index is 12.0. The molecule has 1 atom stereocenters. The minimum absolute atomic E-state index is 0.232. The summed E-state index contributed by atoms with van der Waals surface area (Å²) in [5, 5.41) is 21.1. The van der Waals surface area contributed by atoms with Crippen LogP contribution in [0.4, 0.5) is 16.2 Å². The predicted octanol–water partition coefficient (Wildman–Crippen LogP) is 1.82. The van der Waals surface area contributed by atoms with Crippen molar-refractivity contribution in [1.82, 2.24) is 0 Å². The lowest BCUT2D eigenvalue weighted by Gasteiger charge is -2.25. The second kappa shape index (κ2) is 7.28. The Morgan fingerprint density at radius 2 is 2.10 bits per heavy atom. The van der Waals surface area contributed by atoms with Gasteiger partial charge in [-0.25, -0.2) is 4.79 Å². The number of ether oxygens (including phenoxy) is 1. The number of carbonyl (C=O) groups excluding carboxylic acids is 1. The van der Waals surface area contributed by atoms with Crippen LogP contribution in [0.15, 0.2) is 24.3 Å². The van der Waals surface area contributed by atoms with E-state index in [2.05, 4.69) is 5.32 Å². The van der Waals surface area contributed by atoms with Crippen LogP contribution in [0.1, 0.15) is 20.8 Å². The van der Waals surface area contributed by atoms with Gasteiger partial charge in [-0.1, -0.05) is 6.07 Å². The molecule has 118 valence electrons. The summed E-state index contributed by atoms with van der Waals surface area (Å²) >= 11 is 0. The van der Waals surface area contributed by atoms with Crippen molar-refractivity contribution >= 4 is 17.5 Å². The molecule has 1 amide bonds. The summed E-state index contributed by atoms with van der Waals surface area (Å²) in [6.07, 6.45) is -1.26. The number of nitrogens with zero attached hydrogens (tertiary/aromatic N) is 1. The molecule has 0 aliphatic carbocycles. The highest BCUT2D eigenvalue weighted by atomic mass is 16.6. The van der Waals surface area contributed by atoms with Crippen molar-refractivity contribution in [1.29, 1.82) is 0 Å². The van der Waals surface area contributed by atoms with E-state index in [-0.39, 0.29) is 13.2 Å². The van der Waals surface area contributed by atoms with E-state index in [0.717, 1.165) is 5.69 Å². The molecule has 0 radical (unpaired) electrons. The Balaban J connectivity index is 2.72. The standard InChI is InChI=1S/C15H24N2O4/c1-15(2,3)21-14(20)17(4)12-7-5-6-11(8-12)16-9-13(19)10-18/h5-8,13,16,18-19H,9-10H2,1-4H3. The average Bonchev–Trinajstić information content (AvgIpc) is 2.42. The van der Waals surface area contributed by atoms with Crippen LogP contribution in [0, 0.1) is 0 Å². The number of aliphatic hydroxyl groups is 2. The van der Waals surface area contributed by atoms with Gasteiger partial charge in [0.15, 0.2) is 0 Å². The number of hydrogen-bond acceptors (Lipinski definition) is 5. The molecule has 21 heavy (non-hydrogen) atoms. The number of benzene rings is 1. The van der Waals surface area contributed by atoms with E-state index in [1.165, 1.54) is 4.90 Å². The Morgan fingerprint density at radius 1 is 1.43 bits per heavy atom. The van der Waals surface area contributed by atoms with Crippen LogP contribution in [0.2, 0.25) is 0 Å². The SMILES string of the molecule is CN(C(=O)OC(C)(C)C)c1cccc(NCC(O)CO)c1. The van der Waals surface area contributed by atoms with Crippen molar-refractivity contribution in [3.63, 3.8) is 0 Å². The summed E-state index contributed by atoms with van der Waals surface area (Å²) in [6.45, 7) is 5.37. The average molecular weight is 296 g/mol. The van der Waals surface area contributed by atoms with E-state index in [4.69, 9.17) is 9.84 Å². The van der Waals surface area contributed by atoms with Crippen LogP contribution in [0.25, 0.3) is 0 Å². The summed E-state index contributed by atoms with van der Waals surface area (Å²) < 4.78 is 5.30. The Kier molecular flexibility index (Phi) is 5.99. The zero-order valence-electron chi connectivity index (χ0n) is 13.0. The van der Waals surface area contributed by atoms with Crippen LogP contribution in [-0.4, -0.2) is 48.2 Å². The van der Waals surface area contributed by atoms with Crippen molar-refractivity contribution in [2.24, 2.45) is 0 Å². The predicted molar refractivity (Wildman–Crippen MR) is 82.7 cm³/mol. The fourth-order valence-electron chi connectivity index (χ4n) is 1.56. The third-order valence-corrected chi connectivity index (χ3v) is 2.65. The van der Waals surface area contributed by atoms with Gasteiger partial charge < -0.3 is 20.3 Å². The van der Waals surface area contributed by atoms with Crippen molar-refractivity contribution in [3.05, 3.63) is 24.3 Å². The van der Waals surface area contributed by atoms with Crippen LogP contribution in [0.3, 0.4) is 0 Å². The second-order valence-corrected chi connectivity index (χ2v) is 5.81. The molecule has 3 N–H and O–H groups in total. The van der Waals surface area contributed by atoms with E-state index in [0.29, 0.717) is 5.69 Å². The molecule has 1 aromatic rings. The molecular weight excluding hydrogens is 272 g/mol. The van der Waals surface area contributed by atoms with E-state index in [1.807, 2.05) is 26.8 Å². The van der Waals surface area contributed by atoms with Gasteiger partial charge in [0.25, 0.3) is 0 Å². The minimum Gasteiger partial charge on any atom is -0.443 e. The normalized spacial score (nSPS) is 12.7. The summed E-state index contributed by atoms with van der Waals surface area (Å²) in [4.78, 5) is 13.4. The van der Waals surface area contributed by atoms with E-state index in [1.54, 1.807) is 25.2 Å². The molecule has 0 bridgehead atoms. The fraction of sp³-hybridized carbons (Fsp3) is 0.533. The molecule has 1 rings (SSSR count). The number of aliphatic hydroxyl groups excluding tert-OH is 2. The molecule has 1 unspecified atom stereocenters. The molecule has 0 aliphatic rings. The van der Waals surface area contributed by atoms with Crippen LogP contribution < -0.4 is 10.2 Å². The van der Waals surface area contributed by atoms with Crippen LogP contribution >= 0.6 is 0 Å². The monoisotopic (exact) mass is 296 g/mol. The summed E-state index contributed by atoms with van der Waals surface area (Å²) in [5.41, 5.74) is 0.870. The quantitative estimate of drug-likeness (QED) is 0.772. The Hall–Kier alpha value is -1.79. The molecule has 6 nitrogen and oxygen atoms in total. The number of hydrogen-bond donors (Lipinski definition) is 3. The maximum Gasteiger partial charge on any atom is 0.414 e. The van der Waals surface area contributed by atoms with Gasteiger partial charge in [0.05, 0.1) is 12.7 Å². The van der Waals surface area contributed by atoms with Gasteiger partial charge in [-0.15, -0.1) is 0 Å². The van der Waals surface area contributed by atoms with Gasteiger partial charge in [0, 0.05) is 25.0 Å². The second-order valence-electron chi connectivity index (χ2n) is 5.81. The van der Waals surface area contributed by atoms with Gasteiger partial charge in [-0.3, -0.25) is 4.90 Å². The Bertz CT molecular complexity index is 471. The summed E-state index contributed by atoms with van der Waals surface area (Å²) in [5.74, 6) is 0. The summed E-state index contributed by atoms with van der Waals surface area (Å²) in [7, 11) is 1.63. The molecule has 0 heterocycles. The zero-order chi connectivity index (χ0) is 16.0. The highest BCUT2D eigenvalue weighted by molar-refractivity contribution is 5.87. The van der Waals surface area contributed by atoms with Crippen molar-refractivity contribution in [2.45, 2.75) is 32.5 Å². The van der Waals surface area contributed by atoms with E-state index >= 15 is 0 Å².